The van der Waals surface area contributed by atoms with Crippen molar-refractivity contribution in [2.75, 3.05) is 0 Å². The monoisotopic (exact) mass is 332 g/mol. The third kappa shape index (κ3) is 5.40. The summed E-state index contributed by atoms with van der Waals surface area (Å²) >= 11 is 12.5. The molecule has 1 N–H and O–H groups in total. The fourth-order valence-electron chi connectivity index (χ4n) is 2.05. The van der Waals surface area contributed by atoms with Crippen molar-refractivity contribution in [2.45, 2.75) is 52.6 Å². The molecule has 0 aliphatic carbocycles. The highest BCUT2D eigenvalue weighted by Gasteiger charge is 2.20. The summed E-state index contributed by atoms with van der Waals surface area (Å²) in [5.41, 5.74) is 0.830. The highest BCUT2D eigenvalue weighted by molar-refractivity contribution is 6.36. The van der Waals surface area contributed by atoms with Crippen LogP contribution < -0.4 is 4.74 Å². The largest absolute Gasteiger partial charge is 0.479 e. The lowest BCUT2D eigenvalue weighted by Crippen LogP contribution is -2.26. The zero-order valence-electron chi connectivity index (χ0n) is 12.7. The Morgan fingerprint density at radius 2 is 2.00 bits per heavy atom. The van der Waals surface area contributed by atoms with Crippen molar-refractivity contribution in [1.29, 1.82) is 0 Å². The SMILES string of the molecule is CCC(Oc1ccc(Cl)c(CCCC(C)C)c1Cl)C(=O)O. The molecule has 0 aliphatic rings. The Balaban J connectivity index is 2.90. The molecule has 3 nitrogen and oxygen atoms in total. The van der Waals surface area contributed by atoms with Crippen molar-refractivity contribution in [1.82, 2.24) is 0 Å². The number of hydrogen-bond donors (Lipinski definition) is 1. The lowest BCUT2D eigenvalue weighted by molar-refractivity contribution is -0.145. The first-order valence-electron chi connectivity index (χ1n) is 7.23. The molecule has 0 amide bonds. The summed E-state index contributed by atoms with van der Waals surface area (Å²) in [6.45, 7) is 6.09. The smallest absolute Gasteiger partial charge is 0.344 e. The normalized spacial score (nSPS) is 12.5. The minimum Gasteiger partial charge on any atom is -0.479 e. The van der Waals surface area contributed by atoms with Gasteiger partial charge in [0, 0.05) is 5.02 Å². The Labute approximate surface area is 136 Å². The zero-order valence-corrected chi connectivity index (χ0v) is 14.2. The van der Waals surface area contributed by atoms with Crippen LogP contribution in [0.1, 0.15) is 45.6 Å². The lowest BCUT2D eigenvalue weighted by Gasteiger charge is -2.17. The summed E-state index contributed by atoms with van der Waals surface area (Å²) in [5.74, 6) is 0.0122. The maximum atomic E-state index is 11.1. The number of hydrogen-bond acceptors (Lipinski definition) is 2. The van der Waals surface area contributed by atoms with Crippen molar-refractivity contribution < 1.29 is 14.6 Å². The van der Waals surface area contributed by atoms with E-state index < -0.39 is 12.1 Å². The van der Waals surface area contributed by atoms with Crippen LogP contribution in [0.2, 0.25) is 10.0 Å². The number of ether oxygens (including phenoxy) is 1. The van der Waals surface area contributed by atoms with Gasteiger partial charge in [-0.15, -0.1) is 0 Å². The molecule has 0 aliphatic heterocycles. The fraction of sp³-hybridized carbons (Fsp3) is 0.562. The van der Waals surface area contributed by atoms with Crippen LogP contribution in [0.3, 0.4) is 0 Å². The van der Waals surface area contributed by atoms with Crippen LogP contribution in [0.25, 0.3) is 0 Å². The van der Waals surface area contributed by atoms with Crippen LogP contribution in [0.5, 0.6) is 5.75 Å². The van der Waals surface area contributed by atoms with Crippen molar-refractivity contribution >= 4 is 29.2 Å². The van der Waals surface area contributed by atoms with Gasteiger partial charge in [-0.3, -0.25) is 0 Å². The third-order valence-electron chi connectivity index (χ3n) is 3.27. The summed E-state index contributed by atoms with van der Waals surface area (Å²) in [6, 6.07) is 3.34. The molecule has 0 aromatic heterocycles. The first kappa shape index (κ1) is 18.1. The Kier molecular flexibility index (Phi) is 7.33. The van der Waals surface area contributed by atoms with E-state index in [-0.39, 0.29) is 0 Å². The molecule has 1 unspecified atom stereocenters. The number of carboxylic acids is 1. The van der Waals surface area contributed by atoms with Crippen LogP contribution in [-0.4, -0.2) is 17.2 Å². The number of halogens is 2. The van der Waals surface area contributed by atoms with E-state index in [0.717, 1.165) is 24.8 Å². The van der Waals surface area contributed by atoms with Gasteiger partial charge in [-0.05, 0) is 42.9 Å². The molecule has 118 valence electrons. The number of rotatable bonds is 8. The quantitative estimate of drug-likeness (QED) is 0.710. The van der Waals surface area contributed by atoms with Crippen LogP contribution in [-0.2, 0) is 11.2 Å². The van der Waals surface area contributed by atoms with Crippen LogP contribution >= 0.6 is 23.2 Å². The van der Waals surface area contributed by atoms with Gasteiger partial charge in [0.05, 0.1) is 5.02 Å². The van der Waals surface area contributed by atoms with E-state index in [1.54, 1.807) is 19.1 Å². The first-order chi connectivity index (χ1) is 9.86. The van der Waals surface area contributed by atoms with E-state index >= 15 is 0 Å². The summed E-state index contributed by atoms with van der Waals surface area (Å²) in [7, 11) is 0. The summed E-state index contributed by atoms with van der Waals surface area (Å²) in [4.78, 5) is 11.1. The highest BCUT2D eigenvalue weighted by Crippen LogP contribution is 2.35. The van der Waals surface area contributed by atoms with Crippen LogP contribution in [0.15, 0.2) is 12.1 Å². The van der Waals surface area contributed by atoms with Crippen molar-refractivity contribution in [2.24, 2.45) is 5.92 Å². The fourth-order valence-corrected chi connectivity index (χ4v) is 2.65. The number of carboxylic acid groups (broad SMARTS) is 1. The molecule has 1 aromatic carbocycles. The molecular weight excluding hydrogens is 311 g/mol. The number of carbonyl (C=O) groups is 1. The van der Waals surface area contributed by atoms with E-state index in [0.29, 0.717) is 28.1 Å². The van der Waals surface area contributed by atoms with Gasteiger partial charge in [0.2, 0.25) is 0 Å². The highest BCUT2D eigenvalue weighted by atomic mass is 35.5. The second-order valence-electron chi connectivity index (χ2n) is 5.48. The molecule has 21 heavy (non-hydrogen) atoms. The number of benzene rings is 1. The van der Waals surface area contributed by atoms with Gasteiger partial charge < -0.3 is 9.84 Å². The van der Waals surface area contributed by atoms with E-state index in [1.165, 1.54) is 0 Å². The van der Waals surface area contributed by atoms with E-state index in [1.807, 2.05) is 0 Å². The topological polar surface area (TPSA) is 46.5 Å². The van der Waals surface area contributed by atoms with E-state index in [2.05, 4.69) is 13.8 Å². The van der Waals surface area contributed by atoms with Gasteiger partial charge >= 0.3 is 5.97 Å². The molecule has 1 aromatic rings. The predicted octanol–water partition coefficient (Wildman–Crippen LogP) is 5.21. The van der Waals surface area contributed by atoms with Crippen molar-refractivity contribution in [3.8, 4) is 5.75 Å². The number of aliphatic carboxylic acids is 1. The van der Waals surface area contributed by atoms with E-state index in [9.17, 15) is 4.79 Å². The van der Waals surface area contributed by atoms with Gasteiger partial charge in [-0.1, -0.05) is 50.4 Å². The Morgan fingerprint density at radius 3 is 2.52 bits per heavy atom. The Morgan fingerprint density at radius 1 is 1.33 bits per heavy atom. The second kappa shape index (κ2) is 8.50. The maximum absolute atomic E-state index is 11.1. The minimum absolute atomic E-state index is 0.372. The van der Waals surface area contributed by atoms with E-state index in [4.69, 9.17) is 33.0 Å². The second-order valence-corrected chi connectivity index (χ2v) is 6.26. The van der Waals surface area contributed by atoms with Gasteiger partial charge in [0.15, 0.2) is 6.10 Å². The Bertz CT molecular complexity index is 487. The molecule has 1 rings (SSSR count). The third-order valence-corrected chi connectivity index (χ3v) is 4.04. The molecule has 0 radical (unpaired) electrons. The average molecular weight is 333 g/mol. The molecule has 0 saturated heterocycles. The standard InChI is InChI=1S/C16H22Cl2O3/c1-4-13(16(19)20)21-14-9-8-12(17)11(15(14)18)7-5-6-10(2)3/h8-10,13H,4-7H2,1-3H3,(H,19,20). The summed E-state index contributed by atoms with van der Waals surface area (Å²) in [6.07, 6.45) is 2.31. The zero-order chi connectivity index (χ0) is 16.0. The molecule has 0 spiro atoms. The van der Waals surface area contributed by atoms with Gasteiger partial charge in [0.25, 0.3) is 0 Å². The van der Waals surface area contributed by atoms with Crippen molar-refractivity contribution in [3.05, 3.63) is 27.7 Å². The molecule has 0 saturated carbocycles. The van der Waals surface area contributed by atoms with Gasteiger partial charge in [-0.25, -0.2) is 4.79 Å². The molecule has 1 atom stereocenters. The first-order valence-corrected chi connectivity index (χ1v) is 7.98. The van der Waals surface area contributed by atoms with Crippen LogP contribution in [0, 0.1) is 5.92 Å². The lowest BCUT2D eigenvalue weighted by atomic mass is 10.0. The predicted molar refractivity (Wildman–Crippen MR) is 86.6 cm³/mol. The molecule has 0 heterocycles. The molecule has 0 bridgehead atoms. The van der Waals surface area contributed by atoms with Gasteiger partial charge in [0.1, 0.15) is 5.75 Å². The van der Waals surface area contributed by atoms with Crippen molar-refractivity contribution in [3.63, 3.8) is 0 Å². The molecule has 0 fully saturated rings. The maximum Gasteiger partial charge on any atom is 0.344 e. The Hall–Kier alpha value is -0.930. The molecular formula is C16H22Cl2O3. The summed E-state index contributed by atoms with van der Waals surface area (Å²) < 4.78 is 5.49. The molecule has 5 heteroatoms. The minimum atomic E-state index is -0.995. The summed E-state index contributed by atoms with van der Waals surface area (Å²) in [5, 5.41) is 10.1. The average Bonchev–Trinajstić information content (AvgIpc) is 2.41. The van der Waals surface area contributed by atoms with Crippen LogP contribution in [0.4, 0.5) is 0 Å². The van der Waals surface area contributed by atoms with Gasteiger partial charge in [-0.2, -0.15) is 0 Å².